The maximum absolute atomic E-state index is 12.0. The Hall–Kier alpha value is -1.32. The zero-order valence-corrected chi connectivity index (χ0v) is 11.4. The molecule has 1 aromatic carbocycles. The number of hydrogen-bond donors (Lipinski definition) is 1. The molecule has 98 valence electrons. The minimum atomic E-state index is 0.0688. The van der Waals surface area contributed by atoms with Crippen LogP contribution in [0.4, 0.5) is 0 Å². The van der Waals surface area contributed by atoms with Gasteiger partial charge in [0.25, 0.3) is 0 Å². The topological polar surface area (TPSA) is 32.3 Å². The van der Waals surface area contributed by atoms with Crippen molar-refractivity contribution in [3.05, 3.63) is 47.5 Å². The van der Waals surface area contributed by atoms with Gasteiger partial charge in [0.15, 0.2) is 0 Å². The van der Waals surface area contributed by atoms with E-state index in [0.717, 1.165) is 5.56 Å². The van der Waals surface area contributed by atoms with Crippen molar-refractivity contribution in [3.63, 3.8) is 0 Å². The summed E-state index contributed by atoms with van der Waals surface area (Å²) >= 11 is 6.09. The number of nitrogens with zero attached hydrogens (tertiary/aromatic N) is 1. The zero-order chi connectivity index (χ0) is 13.4. The minimum Gasteiger partial charge on any atom is -0.337 e. The Labute approximate surface area is 113 Å². The Balaban J connectivity index is 2.58. The lowest BCUT2D eigenvalue weighted by molar-refractivity contribution is -0.130. The molecular weight excluding hydrogens is 248 g/mol. The SMILES string of the molecule is C=CCNCC(=O)N(CC)Cc1ccccc1Cl. The average Bonchev–Trinajstić information content (AvgIpc) is 2.38. The number of amides is 1. The fourth-order valence-electron chi connectivity index (χ4n) is 1.60. The number of halogens is 1. The molecule has 0 saturated carbocycles. The first-order chi connectivity index (χ1) is 8.69. The monoisotopic (exact) mass is 266 g/mol. The molecule has 3 nitrogen and oxygen atoms in total. The van der Waals surface area contributed by atoms with E-state index in [4.69, 9.17) is 11.6 Å². The van der Waals surface area contributed by atoms with Crippen LogP contribution in [-0.4, -0.2) is 30.4 Å². The normalized spacial score (nSPS) is 10.1. The molecule has 0 bridgehead atoms. The molecule has 1 aromatic rings. The summed E-state index contributed by atoms with van der Waals surface area (Å²) in [5, 5.41) is 3.70. The van der Waals surface area contributed by atoms with Crippen molar-refractivity contribution in [1.82, 2.24) is 10.2 Å². The quantitative estimate of drug-likeness (QED) is 0.607. The third-order valence-corrected chi connectivity index (χ3v) is 2.99. The summed E-state index contributed by atoms with van der Waals surface area (Å²) in [6.45, 7) is 7.73. The lowest BCUT2D eigenvalue weighted by Gasteiger charge is -2.21. The Morgan fingerprint density at radius 1 is 1.50 bits per heavy atom. The van der Waals surface area contributed by atoms with Gasteiger partial charge in [0.05, 0.1) is 6.54 Å². The van der Waals surface area contributed by atoms with Crippen LogP contribution in [0, 0.1) is 0 Å². The Bertz CT molecular complexity index is 407. The second-order valence-corrected chi connectivity index (χ2v) is 4.33. The second-order valence-electron chi connectivity index (χ2n) is 3.92. The first kappa shape index (κ1) is 14.7. The molecule has 1 N–H and O–H groups in total. The number of rotatable bonds is 7. The molecule has 0 radical (unpaired) electrons. The van der Waals surface area contributed by atoms with E-state index in [1.54, 1.807) is 11.0 Å². The van der Waals surface area contributed by atoms with Crippen LogP contribution in [0.15, 0.2) is 36.9 Å². The molecular formula is C14H19ClN2O. The predicted molar refractivity (Wildman–Crippen MR) is 75.6 cm³/mol. The van der Waals surface area contributed by atoms with Gasteiger partial charge in [-0.05, 0) is 18.6 Å². The number of benzene rings is 1. The van der Waals surface area contributed by atoms with Crippen molar-refractivity contribution < 1.29 is 4.79 Å². The molecule has 0 unspecified atom stereocenters. The lowest BCUT2D eigenvalue weighted by atomic mass is 10.2. The third-order valence-electron chi connectivity index (χ3n) is 2.62. The average molecular weight is 267 g/mol. The van der Waals surface area contributed by atoms with Gasteiger partial charge in [-0.1, -0.05) is 35.9 Å². The van der Waals surface area contributed by atoms with Gasteiger partial charge in [-0.3, -0.25) is 4.79 Å². The van der Waals surface area contributed by atoms with Gasteiger partial charge >= 0.3 is 0 Å². The van der Waals surface area contributed by atoms with E-state index in [0.29, 0.717) is 31.2 Å². The predicted octanol–water partition coefficient (Wildman–Crippen LogP) is 2.46. The summed E-state index contributed by atoms with van der Waals surface area (Å²) in [7, 11) is 0. The van der Waals surface area contributed by atoms with E-state index < -0.39 is 0 Å². The highest BCUT2D eigenvalue weighted by atomic mass is 35.5. The van der Waals surface area contributed by atoms with Crippen molar-refractivity contribution in [1.29, 1.82) is 0 Å². The van der Waals surface area contributed by atoms with E-state index in [1.807, 2.05) is 31.2 Å². The third kappa shape index (κ3) is 4.51. The maximum atomic E-state index is 12.0. The Kier molecular flexibility index (Phi) is 6.47. The lowest BCUT2D eigenvalue weighted by Crippen LogP contribution is -2.37. The number of nitrogens with one attached hydrogen (secondary N) is 1. The van der Waals surface area contributed by atoms with E-state index in [2.05, 4.69) is 11.9 Å². The molecule has 4 heteroatoms. The van der Waals surface area contributed by atoms with Crippen molar-refractivity contribution in [2.24, 2.45) is 0 Å². The molecule has 1 amide bonds. The molecule has 0 heterocycles. The van der Waals surface area contributed by atoms with Crippen molar-refractivity contribution in [2.45, 2.75) is 13.5 Å². The molecule has 0 spiro atoms. The molecule has 0 aromatic heterocycles. The summed E-state index contributed by atoms with van der Waals surface area (Å²) in [4.78, 5) is 13.7. The zero-order valence-electron chi connectivity index (χ0n) is 10.7. The van der Waals surface area contributed by atoms with E-state index in [-0.39, 0.29) is 5.91 Å². The van der Waals surface area contributed by atoms with Gasteiger partial charge in [-0.2, -0.15) is 0 Å². The van der Waals surface area contributed by atoms with Gasteiger partial charge < -0.3 is 10.2 Å². The smallest absolute Gasteiger partial charge is 0.236 e. The van der Waals surface area contributed by atoms with Gasteiger partial charge in [-0.15, -0.1) is 6.58 Å². The first-order valence-electron chi connectivity index (χ1n) is 6.01. The Morgan fingerprint density at radius 3 is 2.83 bits per heavy atom. The van der Waals surface area contributed by atoms with Gasteiger partial charge in [0.2, 0.25) is 5.91 Å². The van der Waals surface area contributed by atoms with Crippen LogP contribution >= 0.6 is 11.6 Å². The number of carbonyl (C=O) groups excluding carboxylic acids is 1. The Morgan fingerprint density at radius 2 is 2.22 bits per heavy atom. The van der Waals surface area contributed by atoms with E-state index >= 15 is 0 Å². The van der Waals surface area contributed by atoms with Crippen LogP contribution in [0.25, 0.3) is 0 Å². The fourth-order valence-corrected chi connectivity index (χ4v) is 1.80. The fraction of sp³-hybridized carbons (Fsp3) is 0.357. The van der Waals surface area contributed by atoms with Crippen molar-refractivity contribution in [3.8, 4) is 0 Å². The summed E-state index contributed by atoms with van der Waals surface area (Å²) in [6.07, 6.45) is 1.73. The summed E-state index contributed by atoms with van der Waals surface area (Å²) in [6, 6.07) is 7.59. The largest absolute Gasteiger partial charge is 0.337 e. The molecule has 1 rings (SSSR count). The summed E-state index contributed by atoms with van der Waals surface area (Å²) < 4.78 is 0. The number of hydrogen-bond acceptors (Lipinski definition) is 2. The molecule has 18 heavy (non-hydrogen) atoms. The summed E-state index contributed by atoms with van der Waals surface area (Å²) in [5.41, 5.74) is 0.970. The molecule has 0 aliphatic carbocycles. The molecule has 0 atom stereocenters. The highest BCUT2D eigenvalue weighted by Crippen LogP contribution is 2.16. The van der Waals surface area contributed by atoms with Crippen LogP contribution < -0.4 is 5.32 Å². The minimum absolute atomic E-state index is 0.0688. The highest BCUT2D eigenvalue weighted by molar-refractivity contribution is 6.31. The molecule has 0 saturated heterocycles. The second kappa shape index (κ2) is 7.90. The number of likely N-dealkylation sites (N-methyl/N-ethyl adjacent to an activating group) is 1. The van der Waals surface area contributed by atoms with Crippen LogP contribution in [0.3, 0.4) is 0 Å². The molecule has 0 aliphatic rings. The van der Waals surface area contributed by atoms with E-state index in [1.165, 1.54) is 0 Å². The van der Waals surface area contributed by atoms with Gasteiger partial charge in [0.1, 0.15) is 0 Å². The van der Waals surface area contributed by atoms with Crippen molar-refractivity contribution in [2.75, 3.05) is 19.6 Å². The van der Waals surface area contributed by atoms with Crippen molar-refractivity contribution >= 4 is 17.5 Å². The highest BCUT2D eigenvalue weighted by Gasteiger charge is 2.12. The standard InChI is InChI=1S/C14H19ClN2O/c1-3-9-16-10-14(18)17(4-2)11-12-7-5-6-8-13(12)15/h3,5-8,16H,1,4,9-11H2,2H3. The summed E-state index contributed by atoms with van der Waals surface area (Å²) in [5.74, 6) is 0.0688. The van der Waals surface area contributed by atoms with Gasteiger partial charge in [-0.25, -0.2) is 0 Å². The van der Waals surface area contributed by atoms with Crippen LogP contribution in [0.5, 0.6) is 0 Å². The molecule has 0 aliphatic heterocycles. The van der Waals surface area contributed by atoms with Crippen LogP contribution in [-0.2, 0) is 11.3 Å². The van der Waals surface area contributed by atoms with Crippen LogP contribution in [0.2, 0.25) is 5.02 Å². The maximum Gasteiger partial charge on any atom is 0.236 e. The van der Waals surface area contributed by atoms with Crippen LogP contribution in [0.1, 0.15) is 12.5 Å². The van der Waals surface area contributed by atoms with Gasteiger partial charge in [0, 0.05) is 24.7 Å². The first-order valence-corrected chi connectivity index (χ1v) is 6.39. The molecule has 0 fully saturated rings. The number of carbonyl (C=O) groups is 1. The van der Waals surface area contributed by atoms with E-state index in [9.17, 15) is 4.79 Å².